The molecule has 1 rings (SSSR count). The molecular weight excluding hydrogens is 176 g/mol. The van der Waals surface area contributed by atoms with Gasteiger partial charge in [0.2, 0.25) is 0 Å². The molecule has 1 aromatic carbocycles. The highest BCUT2D eigenvalue weighted by Crippen LogP contribution is 2.10. The Kier molecular flexibility index (Phi) is 4.69. The predicted molar refractivity (Wildman–Crippen MR) is 62.4 cm³/mol. The van der Waals surface area contributed by atoms with E-state index in [4.69, 9.17) is 12.2 Å². The third-order valence-corrected chi connectivity index (χ3v) is 2.49. The first-order chi connectivity index (χ1) is 6.38. The van der Waals surface area contributed by atoms with E-state index in [1.165, 1.54) is 30.4 Å². The molecule has 1 aromatic rings. The molecule has 0 amide bonds. The number of benzene rings is 1. The van der Waals surface area contributed by atoms with Crippen LogP contribution < -0.4 is 0 Å². The van der Waals surface area contributed by atoms with Crippen LogP contribution in [-0.4, -0.2) is 5.37 Å². The van der Waals surface area contributed by atoms with Gasteiger partial charge in [-0.3, -0.25) is 0 Å². The van der Waals surface area contributed by atoms with Gasteiger partial charge in [0.15, 0.2) is 0 Å². The van der Waals surface area contributed by atoms with Gasteiger partial charge in [-0.05, 0) is 24.0 Å². The van der Waals surface area contributed by atoms with Crippen LogP contribution in [0.3, 0.4) is 0 Å². The molecule has 1 heteroatoms. The zero-order valence-corrected chi connectivity index (χ0v) is 8.94. The van der Waals surface area contributed by atoms with Gasteiger partial charge in [-0.25, -0.2) is 0 Å². The molecule has 0 N–H and O–H groups in total. The standard InChI is InChI=1S/C12H16S/c1-2-3-4-7-11-8-5-6-9-12(11)10-13/h5-6,8-10H,2-4,7H2,1H3. The fourth-order valence-corrected chi connectivity index (χ4v) is 1.67. The number of thiocarbonyl (C=S) groups is 1. The lowest BCUT2D eigenvalue weighted by atomic mass is 10.0. The summed E-state index contributed by atoms with van der Waals surface area (Å²) in [4.78, 5) is 0. The molecule has 0 spiro atoms. The highest BCUT2D eigenvalue weighted by atomic mass is 32.1. The Morgan fingerprint density at radius 3 is 2.69 bits per heavy atom. The van der Waals surface area contributed by atoms with Crippen molar-refractivity contribution in [3.63, 3.8) is 0 Å². The van der Waals surface area contributed by atoms with Crippen LogP contribution in [0.25, 0.3) is 0 Å². The first-order valence-corrected chi connectivity index (χ1v) is 5.38. The summed E-state index contributed by atoms with van der Waals surface area (Å²) < 4.78 is 0. The van der Waals surface area contributed by atoms with E-state index in [2.05, 4.69) is 25.1 Å². The summed E-state index contributed by atoms with van der Waals surface area (Å²) >= 11 is 4.96. The Hall–Kier alpha value is -0.690. The summed E-state index contributed by atoms with van der Waals surface area (Å²) in [5.74, 6) is 0. The second-order valence-corrected chi connectivity index (χ2v) is 3.51. The molecular formula is C12H16S. The lowest BCUT2D eigenvalue weighted by molar-refractivity contribution is 0.717. The number of unbranched alkanes of at least 4 members (excludes halogenated alkanes) is 2. The Morgan fingerprint density at radius 2 is 2.00 bits per heavy atom. The third-order valence-electron chi connectivity index (χ3n) is 2.23. The van der Waals surface area contributed by atoms with Crippen molar-refractivity contribution in [2.24, 2.45) is 0 Å². The molecule has 70 valence electrons. The van der Waals surface area contributed by atoms with E-state index in [1.807, 2.05) is 6.07 Å². The summed E-state index contributed by atoms with van der Waals surface area (Å²) in [6, 6.07) is 8.40. The molecule has 0 saturated heterocycles. The van der Waals surface area contributed by atoms with Gasteiger partial charge in [-0.2, -0.15) is 0 Å². The first kappa shape index (κ1) is 10.4. The molecule has 0 fully saturated rings. The van der Waals surface area contributed by atoms with Gasteiger partial charge < -0.3 is 0 Å². The maximum Gasteiger partial charge on any atom is 0.00888 e. The van der Waals surface area contributed by atoms with Gasteiger partial charge in [0.25, 0.3) is 0 Å². The predicted octanol–water partition coefficient (Wildman–Crippen LogP) is 3.77. The highest BCUT2D eigenvalue weighted by Gasteiger charge is 1.97. The van der Waals surface area contributed by atoms with Crippen molar-refractivity contribution in [1.29, 1.82) is 0 Å². The molecule has 13 heavy (non-hydrogen) atoms. The van der Waals surface area contributed by atoms with Gasteiger partial charge in [0.1, 0.15) is 0 Å². The third kappa shape index (κ3) is 3.27. The van der Waals surface area contributed by atoms with E-state index in [9.17, 15) is 0 Å². The Bertz CT molecular complexity index is 266. The average Bonchev–Trinajstić information content (AvgIpc) is 2.19. The quantitative estimate of drug-likeness (QED) is 0.505. The molecule has 0 nitrogen and oxygen atoms in total. The summed E-state index contributed by atoms with van der Waals surface area (Å²) in [6.07, 6.45) is 5.03. The molecule has 0 bridgehead atoms. The van der Waals surface area contributed by atoms with Crippen LogP contribution in [0.2, 0.25) is 0 Å². The lowest BCUT2D eigenvalue weighted by Gasteiger charge is -2.03. The van der Waals surface area contributed by atoms with E-state index in [1.54, 1.807) is 5.37 Å². The van der Waals surface area contributed by atoms with Gasteiger partial charge in [-0.1, -0.05) is 56.2 Å². The molecule has 0 aliphatic heterocycles. The SMILES string of the molecule is CCCCCc1ccccc1C=S. The normalized spacial score (nSPS) is 9.92. The minimum absolute atomic E-state index is 1.16. The van der Waals surface area contributed by atoms with Crippen LogP contribution in [-0.2, 0) is 6.42 Å². The number of rotatable bonds is 5. The van der Waals surface area contributed by atoms with Crippen LogP contribution in [0, 0.1) is 0 Å². The molecule has 0 aromatic heterocycles. The Balaban J connectivity index is 2.59. The van der Waals surface area contributed by atoms with Crippen LogP contribution in [0.1, 0.15) is 37.3 Å². The maximum atomic E-state index is 4.96. The van der Waals surface area contributed by atoms with Gasteiger partial charge in [0, 0.05) is 5.37 Å². The number of aryl methyl sites for hydroxylation is 1. The van der Waals surface area contributed by atoms with Crippen molar-refractivity contribution in [2.45, 2.75) is 32.6 Å². The Morgan fingerprint density at radius 1 is 1.23 bits per heavy atom. The van der Waals surface area contributed by atoms with Crippen LogP contribution in [0.4, 0.5) is 0 Å². The lowest BCUT2D eigenvalue weighted by Crippen LogP contribution is -1.91. The molecule has 0 unspecified atom stereocenters. The zero-order chi connectivity index (χ0) is 9.52. The largest absolute Gasteiger partial charge is 0.0881 e. The van der Waals surface area contributed by atoms with Crippen molar-refractivity contribution < 1.29 is 0 Å². The van der Waals surface area contributed by atoms with Gasteiger partial charge in [0.05, 0.1) is 0 Å². The number of hydrogen-bond acceptors (Lipinski definition) is 1. The fraction of sp³-hybridized carbons (Fsp3) is 0.417. The minimum Gasteiger partial charge on any atom is -0.0881 e. The van der Waals surface area contributed by atoms with Crippen LogP contribution >= 0.6 is 12.2 Å². The summed E-state index contributed by atoms with van der Waals surface area (Å²) in [5, 5.41) is 1.78. The molecule has 0 atom stereocenters. The smallest absolute Gasteiger partial charge is 0.00888 e. The fourth-order valence-electron chi connectivity index (χ4n) is 1.44. The van der Waals surface area contributed by atoms with E-state index < -0.39 is 0 Å². The zero-order valence-electron chi connectivity index (χ0n) is 8.12. The molecule has 0 heterocycles. The summed E-state index contributed by atoms with van der Waals surface area (Å²) in [6.45, 7) is 2.23. The highest BCUT2D eigenvalue weighted by molar-refractivity contribution is 7.79. The van der Waals surface area contributed by atoms with Crippen molar-refractivity contribution in [2.75, 3.05) is 0 Å². The second-order valence-electron chi connectivity index (χ2n) is 3.27. The van der Waals surface area contributed by atoms with E-state index in [-0.39, 0.29) is 0 Å². The van der Waals surface area contributed by atoms with E-state index >= 15 is 0 Å². The average molecular weight is 192 g/mol. The summed E-state index contributed by atoms with van der Waals surface area (Å²) in [5.41, 5.74) is 2.61. The monoisotopic (exact) mass is 192 g/mol. The van der Waals surface area contributed by atoms with Crippen molar-refractivity contribution >= 4 is 17.6 Å². The van der Waals surface area contributed by atoms with Gasteiger partial charge in [-0.15, -0.1) is 0 Å². The molecule has 0 aliphatic rings. The van der Waals surface area contributed by atoms with E-state index in [0.29, 0.717) is 0 Å². The van der Waals surface area contributed by atoms with E-state index in [0.717, 1.165) is 6.42 Å². The molecule has 0 radical (unpaired) electrons. The number of hydrogen-bond donors (Lipinski definition) is 0. The van der Waals surface area contributed by atoms with Crippen molar-refractivity contribution in [3.05, 3.63) is 35.4 Å². The second kappa shape index (κ2) is 5.87. The van der Waals surface area contributed by atoms with Crippen molar-refractivity contribution in [1.82, 2.24) is 0 Å². The first-order valence-electron chi connectivity index (χ1n) is 4.91. The van der Waals surface area contributed by atoms with Gasteiger partial charge >= 0.3 is 0 Å². The summed E-state index contributed by atoms with van der Waals surface area (Å²) in [7, 11) is 0. The molecule has 0 aliphatic carbocycles. The minimum atomic E-state index is 1.16. The van der Waals surface area contributed by atoms with Crippen LogP contribution in [0.5, 0.6) is 0 Å². The maximum absolute atomic E-state index is 4.96. The molecule has 0 saturated carbocycles. The van der Waals surface area contributed by atoms with Crippen LogP contribution in [0.15, 0.2) is 24.3 Å². The topological polar surface area (TPSA) is 0 Å². The van der Waals surface area contributed by atoms with Crippen molar-refractivity contribution in [3.8, 4) is 0 Å². The Labute approximate surface area is 86.0 Å².